The fourth-order valence-electron chi connectivity index (χ4n) is 3.04. The zero-order valence-corrected chi connectivity index (χ0v) is 14.6. The SMILES string of the molecule is OC[C@H]1O[C@@H](n2cnc3c(NCCc4cccs4)ncnc32)[C@H](O)[C@@H]1O. The number of thiophene rings is 1. The predicted molar refractivity (Wildman–Crippen MR) is 94.8 cm³/mol. The molecule has 0 radical (unpaired) electrons. The standard InChI is InChI=1S/C16H19N5O4S/c22-6-10-12(23)13(24)16(25-10)21-8-20-11-14(18-7-19-15(11)21)17-4-3-9-2-1-5-26-9/h1-2,5,7-8,10,12-13,16,22-24H,3-4,6H2,(H,17,18,19)/t10-,12-,13-,16-/m1/s1. The molecular weight excluding hydrogens is 358 g/mol. The molecule has 0 saturated carbocycles. The van der Waals surface area contributed by atoms with Crippen molar-refractivity contribution < 1.29 is 20.1 Å². The van der Waals surface area contributed by atoms with Crippen LogP contribution in [-0.2, 0) is 11.2 Å². The molecule has 3 aromatic heterocycles. The Hall–Kier alpha value is -2.11. The predicted octanol–water partition coefficient (Wildman–Crippen LogP) is 0.154. The van der Waals surface area contributed by atoms with Crippen molar-refractivity contribution in [2.45, 2.75) is 31.0 Å². The lowest BCUT2D eigenvalue weighted by Crippen LogP contribution is -2.33. The van der Waals surface area contributed by atoms with Crippen LogP contribution in [0.2, 0.25) is 0 Å². The van der Waals surface area contributed by atoms with Crippen molar-refractivity contribution in [1.82, 2.24) is 19.5 Å². The number of imidazole rings is 1. The quantitative estimate of drug-likeness (QED) is 0.478. The summed E-state index contributed by atoms with van der Waals surface area (Å²) in [5, 5.41) is 34.7. The first-order valence-electron chi connectivity index (χ1n) is 8.25. The average molecular weight is 377 g/mol. The largest absolute Gasteiger partial charge is 0.394 e. The van der Waals surface area contributed by atoms with Crippen molar-refractivity contribution in [3.05, 3.63) is 35.0 Å². The lowest BCUT2D eigenvalue weighted by molar-refractivity contribution is -0.0511. The Kier molecular flexibility index (Phi) is 4.83. The minimum Gasteiger partial charge on any atom is -0.394 e. The molecule has 1 aliphatic heterocycles. The lowest BCUT2D eigenvalue weighted by atomic mass is 10.1. The average Bonchev–Trinajstić information content (AvgIpc) is 3.37. The van der Waals surface area contributed by atoms with E-state index < -0.39 is 24.5 Å². The van der Waals surface area contributed by atoms with Crippen molar-refractivity contribution in [3.8, 4) is 0 Å². The fourth-order valence-corrected chi connectivity index (χ4v) is 3.75. The molecule has 138 valence electrons. The van der Waals surface area contributed by atoms with Crippen molar-refractivity contribution in [1.29, 1.82) is 0 Å². The monoisotopic (exact) mass is 377 g/mol. The number of hydrogen-bond donors (Lipinski definition) is 4. The van der Waals surface area contributed by atoms with Gasteiger partial charge in [0, 0.05) is 11.4 Å². The van der Waals surface area contributed by atoms with Gasteiger partial charge in [-0.25, -0.2) is 15.0 Å². The second kappa shape index (κ2) is 7.25. The first-order chi connectivity index (χ1) is 12.7. The van der Waals surface area contributed by atoms with Crippen LogP contribution in [0.5, 0.6) is 0 Å². The molecule has 0 aliphatic carbocycles. The highest BCUT2D eigenvalue weighted by atomic mass is 32.1. The van der Waals surface area contributed by atoms with Gasteiger partial charge in [0.1, 0.15) is 24.6 Å². The van der Waals surface area contributed by atoms with Crippen LogP contribution >= 0.6 is 11.3 Å². The van der Waals surface area contributed by atoms with Gasteiger partial charge in [0.2, 0.25) is 0 Å². The number of nitrogens with zero attached hydrogens (tertiary/aromatic N) is 4. The molecule has 9 nitrogen and oxygen atoms in total. The van der Waals surface area contributed by atoms with Gasteiger partial charge in [-0.1, -0.05) is 6.07 Å². The summed E-state index contributed by atoms with van der Waals surface area (Å²) in [5.41, 5.74) is 1.03. The van der Waals surface area contributed by atoms with E-state index in [1.54, 1.807) is 15.9 Å². The van der Waals surface area contributed by atoms with E-state index >= 15 is 0 Å². The smallest absolute Gasteiger partial charge is 0.167 e. The molecule has 0 unspecified atom stereocenters. The van der Waals surface area contributed by atoms with Crippen molar-refractivity contribution in [2.24, 2.45) is 0 Å². The molecule has 10 heteroatoms. The summed E-state index contributed by atoms with van der Waals surface area (Å²) < 4.78 is 7.10. The third kappa shape index (κ3) is 3.06. The number of aliphatic hydroxyl groups is 3. The number of hydrogen-bond acceptors (Lipinski definition) is 9. The van der Waals surface area contributed by atoms with E-state index in [4.69, 9.17) is 4.74 Å². The van der Waals surface area contributed by atoms with E-state index in [9.17, 15) is 15.3 Å². The normalized spacial score (nSPS) is 25.8. The number of ether oxygens (including phenoxy) is 1. The summed E-state index contributed by atoms with van der Waals surface area (Å²) in [6, 6.07) is 4.10. The Bertz CT molecular complexity index is 871. The second-order valence-corrected chi connectivity index (χ2v) is 7.06. The molecule has 0 amide bonds. The summed E-state index contributed by atoms with van der Waals surface area (Å²) >= 11 is 1.70. The van der Waals surface area contributed by atoms with Gasteiger partial charge in [0.05, 0.1) is 12.9 Å². The van der Waals surface area contributed by atoms with E-state index in [-0.39, 0.29) is 6.61 Å². The minimum atomic E-state index is -1.19. The van der Waals surface area contributed by atoms with Crippen LogP contribution in [0, 0.1) is 0 Å². The molecule has 0 spiro atoms. The first kappa shape index (κ1) is 17.3. The molecule has 1 saturated heterocycles. The topological polar surface area (TPSA) is 126 Å². The third-order valence-corrected chi connectivity index (χ3v) is 5.33. The molecule has 3 aromatic rings. The summed E-state index contributed by atoms with van der Waals surface area (Å²) in [6.45, 7) is 0.319. The Labute approximate surface area is 152 Å². The highest BCUT2D eigenvalue weighted by molar-refractivity contribution is 7.09. The van der Waals surface area contributed by atoms with Gasteiger partial charge in [0.15, 0.2) is 23.2 Å². The van der Waals surface area contributed by atoms with Gasteiger partial charge in [-0.3, -0.25) is 4.57 Å². The molecule has 26 heavy (non-hydrogen) atoms. The number of nitrogens with one attached hydrogen (secondary N) is 1. The van der Waals surface area contributed by atoms with Crippen LogP contribution in [-0.4, -0.2) is 66.3 Å². The molecule has 4 atom stereocenters. The Morgan fingerprint density at radius 1 is 1.23 bits per heavy atom. The first-order valence-corrected chi connectivity index (χ1v) is 9.13. The van der Waals surface area contributed by atoms with E-state index in [2.05, 4.69) is 26.3 Å². The van der Waals surface area contributed by atoms with Crippen LogP contribution in [0.15, 0.2) is 30.2 Å². The van der Waals surface area contributed by atoms with Crippen LogP contribution in [0.3, 0.4) is 0 Å². The van der Waals surface area contributed by atoms with Crippen LogP contribution in [0.1, 0.15) is 11.1 Å². The third-order valence-electron chi connectivity index (χ3n) is 4.39. The number of anilines is 1. The van der Waals surface area contributed by atoms with Gasteiger partial charge in [0.25, 0.3) is 0 Å². The van der Waals surface area contributed by atoms with Crippen LogP contribution in [0.4, 0.5) is 5.82 Å². The Morgan fingerprint density at radius 2 is 2.12 bits per heavy atom. The van der Waals surface area contributed by atoms with Gasteiger partial charge in [-0.2, -0.15) is 0 Å². The molecular formula is C16H19N5O4S. The van der Waals surface area contributed by atoms with Gasteiger partial charge in [-0.15, -0.1) is 11.3 Å². The van der Waals surface area contributed by atoms with Crippen LogP contribution in [0.25, 0.3) is 11.2 Å². The highest BCUT2D eigenvalue weighted by Crippen LogP contribution is 2.32. The fraction of sp³-hybridized carbons (Fsp3) is 0.438. The maximum atomic E-state index is 10.2. The number of rotatable bonds is 6. The maximum Gasteiger partial charge on any atom is 0.167 e. The zero-order chi connectivity index (χ0) is 18.1. The summed E-state index contributed by atoms with van der Waals surface area (Å²) in [5.74, 6) is 0.594. The van der Waals surface area contributed by atoms with Crippen molar-refractivity contribution in [2.75, 3.05) is 18.5 Å². The molecule has 0 aromatic carbocycles. The van der Waals surface area contributed by atoms with Crippen LogP contribution < -0.4 is 5.32 Å². The number of fused-ring (bicyclic) bond motifs is 1. The molecule has 4 rings (SSSR count). The van der Waals surface area contributed by atoms with E-state index in [0.717, 1.165) is 6.42 Å². The minimum absolute atomic E-state index is 0.383. The van der Waals surface area contributed by atoms with E-state index in [1.807, 2.05) is 11.4 Å². The molecule has 1 aliphatic rings. The Morgan fingerprint density at radius 3 is 2.85 bits per heavy atom. The number of aliphatic hydroxyl groups excluding tert-OH is 3. The van der Waals surface area contributed by atoms with Gasteiger partial charge in [-0.05, 0) is 17.9 Å². The van der Waals surface area contributed by atoms with Gasteiger partial charge >= 0.3 is 0 Å². The molecule has 4 N–H and O–H groups in total. The summed E-state index contributed by atoms with van der Waals surface area (Å²) in [7, 11) is 0. The molecule has 4 heterocycles. The summed E-state index contributed by atoms with van der Waals surface area (Å²) in [6.07, 6.45) is -0.306. The number of aromatic nitrogens is 4. The summed E-state index contributed by atoms with van der Waals surface area (Å²) in [4.78, 5) is 14.1. The van der Waals surface area contributed by atoms with E-state index in [1.165, 1.54) is 17.5 Å². The lowest BCUT2D eigenvalue weighted by Gasteiger charge is -2.16. The highest BCUT2D eigenvalue weighted by Gasteiger charge is 2.44. The van der Waals surface area contributed by atoms with Crippen molar-refractivity contribution >= 4 is 28.3 Å². The molecule has 0 bridgehead atoms. The van der Waals surface area contributed by atoms with Crippen molar-refractivity contribution in [3.63, 3.8) is 0 Å². The van der Waals surface area contributed by atoms with Gasteiger partial charge < -0.3 is 25.4 Å². The second-order valence-electron chi connectivity index (χ2n) is 6.03. The zero-order valence-electron chi connectivity index (χ0n) is 13.8. The molecule has 1 fully saturated rings. The maximum absolute atomic E-state index is 10.2. The van der Waals surface area contributed by atoms with E-state index in [0.29, 0.717) is 23.5 Å². The Balaban J connectivity index is 1.55.